The van der Waals surface area contributed by atoms with Crippen LogP contribution in [0.4, 0.5) is 5.13 Å². The lowest BCUT2D eigenvalue weighted by Crippen LogP contribution is -2.17. The van der Waals surface area contributed by atoms with Crippen molar-refractivity contribution in [3.63, 3.8) is 0 Å². The first-order chi connectivity index (χ1) is 52.4. The van der Waals surface area contributed by atoms with E-state index < -0.39 is 41.6 Å². The molecule has 0 fully saturated rings. The molecule has 0 spiro atoms. The van der Waals surface area contributed by atoms with Gasteiger partial charge in [-0.25, -0.2) is 64.1 Å². The van der Waals surface area contributed by atoms with Crippen LogP contribution in [0.25, 0.3) is 72.7 Å². The fraction of sp³-hybridized carbons (Fsp3) is 0.133. The van der Waals surface area contributed by atoms with Crippen LogP contribution in [0.15, 0.2) is 207 Å². The fourth-order valence-corrected chi connectivity index (χ4v) is 13.6. The van der Waals surface area contributed by atoms with Gasteiger partial charge in [0.15, 0.2) is 27.9 Å². The summed E-state index contributed by atoms with van der Waals surface area (Å²) >= 11 is 7.42. The van der Waals surface area contributed by atoms with Crippen molar-refractivity contribution >= 4 is 109 Å². The lowest BCUT2D eigenvalue weighted by Gasteiger charge is -2.01. The van der Waals surface area contributed by atoms with Crippen molar-refractivity contribution in [2.24, 2.45) is 5.84 Å². The molecule has 9 heterocycles. The predicted octanol–water partition coefficient (Wildman–Crippen LogP) is 14.1. The van der Waals surface area contributed by atoms with Gasteiger partial charge in [-0.05, 0) is 86.7 Å². The van der Waals surface area contributed by atoms with E-state index in [1.54, 1.807) is 47.0 Å². The number of aromatic carboxylic acids is 2. The largest absolute Gasteiger partial charge is 0.481 e. The lowest BCUT2D eigenvalue weighted by molar-refractivity contribution is -0.152. The Kier molecular flexibility index (Phi) is 29.9. The van der Waals surface area contributed by atoms with E-state index in [1.165, 1.54) is 105 Å². The molecule has 109 heavy (non-hydrogen) atoms. The van der Waals surface area contributed by atoms with Crippen molar-refractivity contribution in [1.82, 2.24) is 64.0 Å². The monoisotopic (exact) mass is 1560 g/mol. The zero-order chi connectivity index (χ0) is 78.7. The number of carbonyl (C=O) groups is 8. The summed E-state index contributed by atoms with van der Waals surface area (Å²) in [6.45, 7) is 9.59. The highest BCUT2D eigenvalue weighted by Crippen LogP contribution is 2.33. The first-order valence-corrected chi connectivity index (χ1v) is 36.2. The van der Waals surface area contributed by atoms with E-state index in [9.17, 15) is 38.7 Å². The van der Waals surface area contributed by atoms with E-state index >= 15 is 0 Å². The quantitative estimate of drug-likeness (QED) is 0.0141. The number of nitrogens with one attached hydrogen (secondary N) is 1. The highest BCUT2D eigenvalue weighted by atomic mass is 32.1. The summed E-state index contributed by atoms with van der Waals surface area (Å²) in [5, 5.41) is 45.7. The second-order valence-electron chi connectivity index (χ2n) is 22.3. The fourth-order valence-electron chi connectivity index (χ4n) is 9.22. The average Bonchev–Trinajstić information content (AvgIpc) is 1.68. The lowest BCUT2D eigenvalue weighted by atomic mass is 10.2. The summed E-state index contributed by atoms with van der Waals surface area (Å²) < 4.78 is 19.6. The van der Waals surface area contributed by atoms with Crippen molar-refractivity contribution in [3.05, 3.63) is 252 Å². The second kappa shape index (κ2) is 39.9. The number of ether oxygens (including phenoxy) is 3. The normalized spacial score (nSPS) is 10.2. The molecule has 0 atom stereocenters. The first-order valence-electron chi connectivity index (χ1n) is 32.1. The van der Waals surface area contributed by atoms with E-state index in [2.05, 4.69) is 60.2 Å². The van der Waals surface area contributed by atoms with Crippen LogP contribution >= 0.6 is 56.7 Å². The Morgan fingerprint density at radius 1 is 0.404 bits per heavy atom. The maximum Gasteiger partial charge on any atom is 0.374 e. The van der Waals surface area contributed by atoms with Crippen LogP contribution in [0.3, 0.4) is 0 Å². The van der Waals surface area contributed by atoms with E-state index in [4.69, 9.17) is 25.6 Å². The molecule has 0 saturated heterocycles. The Hall–Kier alpha value is -13.0. The Bertz CT molecular complexity index is 5370. The number of hydrogen-bond acceptors (Lipinski definition) is 27. The molecule has 34 heteroatoms. The molecule has 6 N–H and O–H groups in total. The highest BCUT2D eigenvalue weighted by Gasteiger charge is 2.22. The number of Topliss-reactive ketones (excluding diaryl/α,β-unsaturated/α-hetero) is 2. The minimum absolute atomic E-state index is 0.0268. The van der Waals surface area contributed by atoms with Gasteiger partial charge in [0.1, 0.15) is 5.78 Å². The maximum atomic E-state index is 11.8. The third-order valence-electron chi connectivity index (χ3n) is 14.1. The predicted molar refractivity (Wildman–Crippen MR) is 415 cm³/mol. The summed E-state index contributed by atoms with van der Waals surface area (Å²) in [6.07, 6.45) is 8.55. The number of esters is 3. The molecule has 0 bridgehead atoms. The van der Waals surface area contributed by atoms with Gasteiger partial charge in [0.05, 0.1) is 63.5 Å². The summed E-state index contributed by atoms with van der Waals surface area (Å²) in [6, 6.07) is 56.3. The highest BCUT2D eigenvalue weighted by molar-refractivity contribution is 7.19. The molecule has 0 aliphatic carbocycles. The number of nitrogen functional groups attached to an aromatic ring is 1. The maximum absolute atomic E-state index is 11.8. The number of carboxylic acids is 3. The van der Waals surface area contributed by atoms with E-state index in [0.717, 1.165) is 88.0 Å². The van der Waals surface area contributed by atoms with Crippen LogP contribution in [-0.4, -0.2) is 148 Å². The Labute approximate surface area is 642 Å². The summed E-state index contributed by atoms with van der Waals surface area (Å²) in [7, 11) is 3.79. The van der Waals surface area contributed by atoms with Crippen molar-refractivity contribution in [2.75, 3.05) is 26.8 Å². The van der Waals surface area contributed by atoms with Gasteiger partial charge in [-0.15, -0.1) is 0 Å². The minimum atomic E-state index is -1.04. The number of rotatable bonds is 17. The number of nitrogens with zero attached hydrogens (tertiary/aromatic N) is 13. The number of methoxy groups -OCH3 is 3. The number of thiazole rings is 5. The van der Waals surface area contributed by atoms with Gasteiger partial charge in [0.2, 0.25) is 26.3 Å². The molecule has 0 unspecified atom stereocenters. The molecule has 558 valence electrons. The topological polar surface area (TPSA) is 399 Å². The molecule has 9 aromatic heterocycles. The number of hydrogen-bond donors (Lipinski definition) is 5. The van der Waals surface area contributed by atoms with Gasteiger partial charge in [-0.1, -0.05) is 208 Å². The summed E-state index contributed by atoms with van der Waals surface area (Å²) in [5.41, 5.74) is 11.8. The number of ketones is 2. The Morgan fingerprint density at radius 3 is 1.04 bits per heavy atom. The smallest absolute Gasteiger partial charge is 0.374 e. The number of aryl methyl sites for hydroxylation is 4. The zero-order valence-electron chi connectivity index (χ0n) is 59.6. The molecule has 14 aromatic rings. The average molecular weight is 1560 g/mol. The number of aliphatic carboxylic acids is 1. The van der Waals surface area contributed by atoms with Crippen molar-refractivity contribution in [1.29, 1.82) is 0 Å². The number of nitrogens with two attached hydrogens (primary N) is 1. The van der Waals surface area contributed by atoms with Crippen LogP contribution in [0.2, 0.25) is 0 Å². The minimum Gasteiger partial charge on any atom is -0.481 e. The second-order valence-corrected chi connectivity index (χ2v) is 27.3. The molecular formula is C75H69N15O14S5. The summed E-state index contributed by atoms with van der Waals surface area (Å²) in [4.78, 5) is 112. The molecule has 0 aliphatic heterocycles. The van der Waals surface area contributed by atoms with Crippen molar-refractivity contribution in [2.45, 2.75) is 48.0 Å². The van der Waals surface area contributed by atoms with E-state index in [0.29, 0.717) is 26.8 Å². The number of benzene rings is 5. The van der Waals surface area contributed by atoms with Gasteiger partial charge < -0.3 is 29.5 Å². The molecular weight excluding hydrogens is 1500 g/mol. The first kappa shape index (κ1) is 81.7. The molecule has 14 rings (SSSR count). The number of aromatic nitrogens is 13. The van der Waals surface area contributed by atoms with Crippen molar-refractivity contribution < 1.29 is 67.9 Å². The van der Waals surface area contributed by atoms with E-state index in [-0.39, 0.29) is 29.3 Å². The molecule has 0 saturated carbocycles. The third-order valence-corrected chi connectivity index (χ3v) is 19.2. The molecule has 0 radical (unpaired) electrons. The summed E-state index contributed by atoms with van der Waals surface area (Å²) in [5.74, 6) is -0.610. The van der Waals surface area contributed by atoms with Crippen LogP contribution in [0, 0.1) is 27.7 Å². The third kappa shape index (κ3) is 23.3. The van der Waals surface area contributed by atoms with Gasteiger partial charge in [-0.2, -0.15) is 29.8 Å². The Morgan fingerprint density at radius 2 is 0.725 bits per heavy atom. The number of anilines is 1. The number of carbonyl (C=O) groups excluding carboxylic acids is 5. The van der Waals surface area contributed by atoms with Gasteiger partial charge in [0, 0.05) is 49.3 Å². The van der Waals surface area contributed by atoms with Gasteiger partial charge >= 0.3 is 29.8 Å². The van der Waals surface area contributed by atoms with Crippen LogP contribution in [0.5, 0.6) is 0 Å². The Balaban J connectivity index is 0.000000165. The zero-order valence-corrected chi connectivity index (χ0v) is 63.7. The van der Waals surface area contributed by atoms with Crippen LogP contribution < -0.4 is 11.3 Å². The SMILES string of the molecule is CC(=O)O.COC(=O)C(=O)CC(C)=O.COC(=O)c1cc(C)n(-c2ncc(-c3ccccc3)s2)n1.COC(=O)c1cc(C)nn1-c1ncc(-c2ccccc2)s1.Cc1cc(C(=O)O)n(-c2ncc(-c3ccccc3)s2)n1.Cc1cc(C(=O)O)nn1-c1ncc(-c2ccccc2)s1.NNc1ncc(-c2ccccc2)s1. The molecule has 0 aliphatic rings. The van der Waals surface area contributed by atoms with Crippen molar-refractivity contribution in [3.8, 4) is 72.7 Å². The van der Waals surface area contributed by atoms with Crippen LogP contribution in [0.1, 0.15) is 85.0 Å². The molecule has 5 aromatic carbocycles. The van der Waals surface area contributed by atoms with Gasteiger partial charge in [0.25, 0.3) is 5.97 Å². The van der Waals surface area contributed by atoms with Crippen LogP contribution in [-0.2, 0) is 33.4 Å². The standard InChI is InChI=1S/2C15H13N3O2S.2C14H11N3O2S.C9H9N3S.C6H8O4.C2H4O2/c1-10-8-12(14(19)20-2)17-18(10)15-16-9-13(21-15)11-6-4-3-5-7-11;1-10-8-12(14(19)20-2)18(17-10)15-16-9-13(21-15)11-6-4-3-5-7-11;1-9-7-11(13(18)19)16-17(9)14-15-8-12(20-14)10-5-3-2-4-6-10;1-9-7-11(13(18)19)17(16-9)14-15-8-12(20-14)10-5-3-2-4-6-10;10-12-9-11-6-8(13-9)7-4-2-1-3-5-7;1-4(7)3-5(8)6(9)10-2;1-2(3)4/h2*3-9H,1-2H3;2*2-8H,1H3,(H,18,19);1-6H,10H2,(H,11,12);3H2,1-2H3;1H3,(H,3,4). The number of hydrazine groups is 1. The molecule has 0 amide bonds. The number of carboxylic acid groups (broad SMARTS) is 3. The molecule has 29 nitrogen and oxygen atoms in total. The van der Waals surface area contributed by atoms with Gasteiger partial charge in [-0.3, -0.25) is 19.8 Å². The van der Waals surface area contributed by atoms with E-state index in [1.807, 2.05) is 185 Å².